The van der Waals surface area contributed by atoms with Crippen molar-refractivity contribution >= 4 is 0 Å². The van der Waals surface area contributed by atoms with Gasteiger partial charge in [0, 0.05) is 42.0 Å². The fraction of sp³-hybridized carbons (Fsp3) is 0.238. The molecule has 4 rings (SSSR count). The molecule has 0 saturated carbocycles. The summed E-state index contributed by atoms with van der Waals surface area (Å²) in [7, 11) is 1.88. The number of aliphatic hydroxyl groups is 1. The zero-order valence-electron chi connectivity index (χ0n) is 16.4. The van der Waals surface area contributed by atoms with Crippen LogP contribution in [0.15, 0.2) is 61.7 Å². The second-order valence-corrected chi connectivity index (χ2v) is 7.22. The van der Waals surface area contributed by atoms with E-state index in [1.165, 1.54) is 23.4 Å². The first kappa shape index (κ1) is 19.8. The highest BCUT2D eigenvalue weighted by Gasteiger charge is 2.40. The summed E-state index contributed by atoms with van der Waals surface area (Å²) >= 11 is 0. The molecule has 9 heteroatoms. The van der Waals surface area contributed by atoms with Crippen LogP contribution in [0.25, 0.3) is 11.3 Å². The molecular weight excluding hydrogens is 390 g/mol. The van der Waals surface area contributed by atoms with Gasteiger partial charge in [0.05, 0.1) is 24.8 Å². The van der Waals surface area contributed by atoms with E-state index in [9.17, 15) is 13.9 Å². The maximum atomic E-state index is 14.7. The number of hydrogen-bond donors (Lipinski definition) is 1. The van der Waals surface area contributed by atoms with Gasteiger partial charge in [-0.2, -0.15) is 5.10 Å². The first-order chi connectivity index (χ1) is 14.4. The molecule has 2 unspecified atom stereocenters. The second-order valence-electron chi connectivity index (χ2n) is 7.22. The van der Waals surface area contributed by atoms with Crippen LogP contribution in [0.3, 0.4) is 0 Å². The Labute approximate surface area is 171 Å². The van der Waals surface area contributed by atoms with E-state index in [-0.39, 0.29) is 12.1 Å². The van der Waals surface area contributed by atoms with Gasteiger partial charge in [0.2, 0.25) is 0 Å². The van der Waals surface area contributed by atoms with Crippen molar-refractivity contribution in [1.29, 1.82) is 0 Å². The predicted octanol–water partition coefficient (Wildman–Crippen LogP) is 3.04. The third-order valence-electron chi connectivity index (χ3n) is 5.33. The molecule has 0 bridgehead atoms. The van der Waals surface area contributed by atoms with Gasteiger partial charge in [-0.05, 0) is 18.2 Å². The minimum Gasteiger partial charge on any atom is -0.382 e. The van der Waals surface area contributed by atoms with Crippen molar-refractivity contribution in [3.05, 3.63) is 84.6 Å². The third kappa shape index (κ3) is 3.59. The molecule has 1 aromatic carbocycles. The van der Waals surface area contributed by atoms with Crippen molar-refractivity contribution in [2.24, 2.45) is 7.05 Å². The smallest absolute Gasteiger partial charge is 0.137 e. The van der Waals surface area contributed by atoms with E-state index in [0.717, 1.165) is 23.4 Å². The number of rotatable bonds is 6. The minimum absolute atomic E-state index is 0.0376. The fourth-order valence-electron chi connectivity index (χ4n) is 3.55. The lowest BCUT2D eigenvalue weighted by atomic mass is 9.79. The van der Waals surface area contributed by atoms with Gasteiger partial charge < -0.3 is 9.67 Å². The van der Waals surface area contributed by atoms with Crippen LogP contribution in [-0.4, -0.2) is 34.4 Å². The highest BCUT2D eigenvalue weighted by Crippen LogP contribution is 2.39. The van der Waals surface area contributed by atoms with Crippen LogP contribution in [0.4, 0.5) is 8.78 Å². The van der Waals surface area contributed by atoms with Crippen LogP contribution < -0.4 is 0 Å². The number of halogens is 2. The SMILES string of the molecule is CC(c1ccc(-c2cncn2C)cn1)C(O)(Cn1cncn1)c1ccc(F)cc1F. The van der Waals surface area contributed by atoms with E-state index in [4.69, 9.17) is 0 Å². The Kier molecular flexibility index (Phi) is 5.13. The van der Waals surface area contributed by atoms with Crippen LogP contribution >= 0.6 is 0 Å². The number of benzene rings is 1. The van der Waals surface area contributed by atoms with Crippen molar-refractivity contribution in [1.82, 2.24) is 29.3 Å². The van der Waals surface area contributed by atoms with Gasteiger partial charge in [0.1, 0.15) is 29.9 Å². The van der Waals surface area contributed by atoms with E-state index >= 15 is 0 Å². The van der Waals surface area contributed by atoms with Crippen LogP contribution in [0.1, 0.15) is 24.1 Å². The van der Waals surface area contributed by atoms with Crippen molar-refractivity contribution < 1.29 is 13.9 Å². The maximum absolute atomic E-state index is 14.7. The van der Waals surface area contributed by atoms with Crippen LogP contribution in [0, 0.1) is 11.6 Å². The lowest BCUT2D eigenvalue weighted by molar-refractivity contribution is -0.0123. The quantitative estimate of drug-likeness (QED) is 0.528. The van der Waals surface area contributed by atoms with Crippen LogP contribution in [0.5, 0.6) is 0 Å². The molecule has 1 N–H and O–H groups in total. The summed E-state index contributed by atoms with van der Waals surface area (Å²) < 4.78 is 31.4. The zero-order valence-corrected chi connectivity index (χ0v) is 16.4. The first-order valence-electron chi connectivity index (χ1n) is 9.31. The topological polar surface area (TPSA) is 81.6 Å². The number of hydrogen-bond acceptors (Lipinski definition) is 5. The summed E-state index contributed by atoms with van der Waals surface area (Å²) in [6.07, 6.45) is 7.86. The molecule has 4 aromatic rings. The average Bonchev–Trinajstić information content (AvgIpc) is 3.39. The minimum atomic E-state index is -1.74. The molecule has 0 saturated heterocycles. The van der Waals surface area contributed by atoms with E-state index in [1.54, 1.807) is 31.7 Å². The van der Waals surface area contributed by atoms with E-state index < -0.39 is 23.2 Å². The molecule has 0 aliphatic heterocycles. The molecule has 3 aromatic heterocycles. The van der Waals surface area contributed by atoms with Crippen LogP contribution in [0.2, 0.25) is 0 Å². The molecular formula is C21H20F2N6O. The largest absolute Gasteiger partial charge is 0.382 e. The van der Waals surface area contributed by atoms with Crippen LogP contribution in [-0.2, 0) is 19.2 Å². The summed E-state index contributed by atoms with van der Waals surface area (Å²) in [6, 6.07) is 6.78. The number of pyridine rings is 1. The number of aryl methyl sites for hydroxylation is 1. The summed E-state index contributed by atoms with van der Waals surface area (Å²) in [5.41, 5.74) is 0.520. The molecule has 2 atom stereocenters. The standard InChI is InChI=1S/C21H20F2N6O/c1-14(19-6-3-15(8-26-19)20-9-24-12-28(20)2)21(30,10-29-13-25-11-27-29)17-5-4-16(22)7-18(17)23/h3-9,11-14,30H,10H2,1-2H3. The van der Waals surface area contributed by atoms with Gasteiger partial charge in [-0.15, -0.1) is 0 Å². The maximum Gasteiger partial charge on any atom is 0.137 e. The Morgan fingerprint density at radius 3 is 2.53 bits per heavy atom. The molecule has 0 spiro atoms. The predicted molar refractivity (Wildman–Crippen MR) is 105 cm³/mol. The summed E-state index contributed by atoms with van der Waals surface area (Å²) in [5.74, 6) is -2.19. The Bertz CT molecular complexity index is 1140. The van der Waals surface area contributed by atoms with E-state index in [0.29, 0.717) is 5.69 Å². The lowest BCUT2D eigenvalue weighted by Gasteiger charge is -2.34. The Balaban J connectivity index is 1.74. The Morgan fingerprint density at radius 1 is 1.10 bits per heavy atom. The average molecular weight is 410 g/mol. The van der Waals surface area contributed by atoms with Gasteiger partial charge in [-0.25, -0.2) is 23.4 Å². The number of aromatic nitrogens is 6. The van der Waals surface area contributed by atoms with Crippen molar-refractivity contribution in [3.8, 4) is 11.3 Å². The Hall–Kier alpha value is -3.46. The Morgan fingerprint density at radius 2 is 1.93 bits per heavy atom. The molecule has 154 valence electrons. The first-order valence-corrected chi connectivity index (χ1v) is 9.31. The normalized spacial score (nSPS) is 14.4. The van der Waals surface area contributed by atoms with E-state index in [1.807, 2.05) is 17.7 Å². The van der Waals surface area contributed by atoms with Crippen molar-refractivity contribution in [3.63, 3.8) is 0 Å². The highest BCUT2D eigenvalue weighted by atomic mass is 19.1. The molecule has 3 heterocycles. The van der Waals surface area contributed by atoms with Gasteiger partial charge in [0.25, 0.3) is 0 Å². The molecule has 7 nitrogen and oxygen atoms in total. The molecule has 0 amide bonds. The van der Waals surface area contributed by atoms with Crippen molar-refractivity contribution in [2.75, 3.05) is 0 Å². The van der Waals surface area contributed by atoms with Gasteiger partial charge >= 0.3 is 0 Å². The number of nitrogens with zero attached hydrogens (tertiary/aromatic N) is 6. The van der Waals surface area contributed by atoms with Gasteiger partial charge in [-0.3, -0.25) is 4.98 Å². The molecule has 0 fully saturated rings. The monoisotopic (exact) mass is 410 g/mol. The lowest BCUT2D eigenvalue weighted by Crippen LogP contribution is -2.38. The molecule has 0 aliphatic carbocycles. The van der Waals surface area contributed by atoms with Crippen molar-refractivity contribution in [2.45, 2.75) is 25.0 Å². The summed E-state index contributed by atoms with van der Waals surface area (Å²) in [6.45, 7) is 1.66. The summed E-state index contributed by atoms with van der Waals surface area (Å²) in [4.78, 5) is 12.5. The fourth-order valence-corrected chi connectivity index (χ4v) is 3.55. The van der Waals surface area contributed by atoms with Gasteiger partial charge in [0.15, 0.2) is 0 Å². The number of imidazole rings is 1. The van der Waals surface area contributed by atoms with E-state index in [2.05, 4.69) is 20.1 Å². The van der Waals surface area contributed by atoms with Gasteiger partial charge in [-0.1, -0.05) is 13.0 Å². The highest BCUT2D eigenvalue weighted by molar-refractivity contribution is 5.57. The summed E-state index contributed by atoms with van der Waals surface area (Å²) in [5, 5.41) is 15.7. The molecule has 0 aliphatic rings. The molecule has 0 radical (unpaired) electrons. The zero-order chi connectivity index (χ0) is 21.3. The second kappa shape index (κ2) is 7.75. The third-order valence-corrected chi connectivity index (χ3v) is 5.33. The molecule has 30 heavy (non-hydrogen) atoms.